The van der Waals surface area contributed by atoms with Gasteiger partial charge in [0.15, 0.2) is 0 Å². The minimum Gasteiger partial charge on any atom is -0.269 e. The van der Waals surface area contributed by atoms with Gasteiger partial charge < -0.3 is 0 Å². The molecule has 4 heterocycles. The summed E-state index contributed by atoms with van der Waals surface area (Å²) in [7, 11) is 0. The number of aromatic nitrogens is 4. The third kappa shape index (κ3) is 9.12. The molecule has 9 aromatic rings. The summed E-state index contributed by atoms with van der Waals surface area (Å²) in [5.74, 6) is 0. The molecule has 0 bridgehead atoms. The summed E-state index contributed by atoms with van der Waals surface area (Å²) >= 11 is 0. The first-order valence-electron chi connectivity index (χ1n) is 20.3. The van der Waals surface area contributed by atoms with Gasteiger partial charge >= 0.3 is 0 Å². The smallest absolute Gasteiger partial charge is 0.0715 e. The summed E-state index contributed by atoms with van der Waals surface area (Å²) in [5.41, 5.74) is 17.8. The van der Waals surface area contributed by atoms with Crippen LogP contribution in [0, 0.1) is 0 Å². The largest absolute Gasteiger partial charge is 0.269 e. The van der Waals surface area contributed by atoms with Crippen LogP contribution in [0.4, 0.5) is 0 Å². The van der Waals surface area contributed by atoms with Gasteiger partial charge in [0.05, 0.1) is 22.8 Å². The fourth-order valence-electron chi connectivity index (χ4n) is 7.37. The second-order valence-corrected chi connectivity index (χ2v) is 14.7. The normalized spacial score (nSPS) is 11.3. The Bertz CT molecular complexity index is 2990. The van der Waals surface area contributed by atoms with E-state index < -0.39 is 0 Å². The molecule has 0 aliphatic rings. The molecule has 0 amide bonds. The number of hydrogen-bond donors (Lipinski definition) is 0. The van der Waals surface area contributed by atoms with Gasteiger partial charge in [0.25, 0.3) is 0 Å². The highest BCUT2D eigenvalue weighted by Crippen LogP contribution is 2.35. The van der Waals surface area contributed by atoms with Gasteiger partial charge in [0.2, 0.25) is 0 Å². The van der Waals surface area contributed by atoms with Crippen molar-refractivity contribution in [3.63, 3.8) is 0 Å². The maximum absolute atomic E-state index is 5.26. The van der Waals surface area contributed by atoms with Crippen LogP contribution < -0.4 is 0 Å². The number of hydrogen-bond acceptors (Lipinski definition) is 5. The maximum Gasteiger partial charge on any atom is 0.0715 e. The zero-order valence-electron chi connectivity index (χ0n) is 33.5. The molecule has 0 aliphatic carbocycles. The molecular formula is C56H41N5. The van der Waals surface area contributed by atoms with Crippen LogP contribution in [0.25, 0.3) is 89.5 Å². The lowest BCUT2D eigenvalue weighted by Crippen LogP contribution is -1.92. The molecule has 9 rings (SSSR count). The summed E-state index contributed by atoms with van der Waals surface area (Å²) in [6.07, 6.45) is 15.3. The number of allylic oxidation sites excluding steroid dienone is 2. The Morgan fingerprint density at radius 1 is 0.410 bits per heavy atom. The predicted molar refractivity (Wildman–Crippen MR) is 253 cm³/mol. The van der Waals surface area contributed by atoms with Crippen molar-refractivity contribution in [2.45, 2.75) is 6.42 Å². The van der Waals surface area contributed by atoms with Crippen molar-refractivity contribution in [3.8, 4) is 89.5 Å². The fourth-order valence-corrected chi connectivity index (χ4v) is 7.37. The SMILES string of the molecule is C=C/C=C\N=CCc1ccc(-c2cccc(-c3cccc(-c4cc(-c5ccccc5)nc(-c5cccc(-c6cccc(-c7ccc(-c8cccnc8)cn7)c6)c5)c4)c3)c2)nc1. The first kappa shape index (κ1) is 38.4. The molecule has 0 saturated carbocycles. The van der Waals surface area contributed by atoms with Gasteiger partial charge in [-0.05, 0) is 99.6 Å². The van der Waals surface area contributed by atoms with Gasteiger partial charge in [-0.1, -0.05) is 134 Å². The summed E-state index contributed by atoms with van der Waals surface area (Å²) in [6, 6.07) is 61.7. The highest BCUT2D eigenvalue weighted by Gasteiger charge is 2.13. The number of benzene rings is 5. The fraction of sp³-hybridized carbons (Fsp3) is 0.0179. The lowest BCUT2D eigenvalue weighted by molar-refractivity contribution is 1.23. The second kappa shape index (κ2) is 18.2. The monoisotopic (exact) mass is 783 g/mol. The molecule has 5 aromatic carbocycles. The van der Waals surface area contributed by atoms with Crippen molar-refractivity contribution >= 4 is 6.21 Å². The first-order valence-corrected chi connectivity index (χ1v) is 20.3. The van der Waals surface area contributed by atoms with Crippen LogP contribution in [0.3, 0.4) is 0 Å². The first-order chi connectivity index (χ1) is 30.2. The Balaban J connectivity index is 1.02. The summed E-state index contributed by atoms with van der Waals surface area (Å²) in [4.78, 5) is 23.4. The Labute approximate surface area is 356 Å². The highest BCUT2D eigenvalue weighted by atomic mass is 14.7. The molecule has 0 fully saturated rings. The van der Waals surface area contributed by atoms with Gasteiger partial charge in [-0.3, -0.25) is 19.9 Å². The number of pyridine rings is 4. The molecular weight excluding hydrogens is 743 g/mol. The number of aliphatic imine (C=N–C) groups is 1. The van der Waals surface area contributed by atoms with Gasteiger partial charge in [-0.25, -0.2) is 4.98 Å². The average molecular weight is 784 g/mol. The second-order valence-electron chi connectivity index (χ2n) is 14.7. The molecule has 0 radical (unpaired) electrons. The van der Waals surface area contributed by atoms with Crippen LogP contribution in [0.2, 0.25) is 0 Å². The highest BCUT2D eigenvalue weighted by molar-refractivity contribution is 5.82. The lowest BCUT2D eigenvalue weighted by atomic mass is 9.95. The third-order valence-corrected chi connectivity index (χ3v) is 10.6. The van der Waals surface area contributed by atoms with E-state index in [-0.39, 0.29) is 0 Å². The Hall–Kier alpha value is -8.15. The van der Waals surface area contributed by atoms with E-state index in [4.69, 9.17) is 15.0 Å². The Morgan fingerprint density at radius 2 is 0.918 bits per heavy atom. The number of rotatable bonds is 12. The number of nitrogens with zero attached hydrogens (tertiary/aromatic N) is 5. The van der Waals surface area contributed by atoms with Crippen molar-refractivity contribution in [2.24, 2.45) is 4.99 Å². The van der Waals surface area contributed by atoms with Crippen LogP contribution in [0.1, 0.15) is 5.56 Å². The van der Waals surface area contributed by atoms with E-state index >= 15 is 0 Å². The van der Waals surface area contributed by atoms with Crippen molar-refractivity contribution in [3.05, 3.63) is 231 Å². The van der Waals surface area contributed by atoms with Crippen LogP contribution in [0.15, 0.2) is 231 Å². The van der Waals surface area contributed by atoms with Gasteiger partial charge in [-0.15, -0.1) is 0 Å². The predicted octanol–water partition coefficient (Wildman–Crippen LogP) is 13.9. The van der Waals surface area contributed by atoms with Gasteiger partial charge in [0, 0.05) is 77.0 Å². The van der Waals surface area contributed by atoms with E-state index in [2.05, 4.69) is 174 Å². The molecule has 0 spiro atoms. The van der Waals surface area contributed by atoms with Crippen LogP contribution in [-0.2, 0) is 6.42 Å². The zero-order valence-corrected chi connectivity index (χ0v) is 33.5. The Kier molecular flexibility index (Phi) is 11.4. The minimum absolute atomic E-state index is 0.714. The van der Waals surface area contributed by atoms with E-state index in [0.29, 0.717) is 6.42 Å². The van der Waals surface area contributed by atoms with E-state index in [9.17, 15) is 0 Å². The molecule has 5 nitrogen and oxygen atoms in total. The van der Waals surface area contributed by atoms with E-state index in [1.165, 1.54) is 0 Å². The van der Waals surface area contributed by atoms with Crippen LogP contribution in [-0.4, -0.2) is 26.2 Å². The van der Waals surface area contributed by atoms with Crippen molar-refractivity contribution in [1.29, 1.82) is 0 Å². The molecule has 0 N–H and O–H groups in total. The van der Waals surface area contributed by atoms with Crippen LogP contribution in [0.5, 0.6) is 0 Å². The van der Waals surface area contributed by atoms with Crippen LogP contribution >= 0.6 is 0 Å². The van der Waals surface area contributed by atoms with E-state index in [1.54, 1.807) is 18.5 Å². The summed E-state index contributed by atoms with van der Waals surface area (Å²) in [5, 5.41) is 0. The maximum atomic E-state index is 5.26. The molecule has 5 heteroatoms. The summed E-state index contributed by atoms with van der Waals surface area (Å²) in [6.45, 7) is 3.68. The van der Waals surface area contributed by atoms with Gasteiger partial charge in [0.1, 0.15) is 0 Å². The molecule has 290 valence electrons. The molecule has 0 saturated heterocycles. The molecule has 0 atom stereocenters. The topological polar surface area (TPSA) is 63.9 Å². The average Bonchev–Trinajstić information content (AvgIpc) is 3.35. The molecule has 0 unspecified atom stereocenters. The van der Waals surface area contributed by atoms with Crippen molar-refractivity contribution in [1.82, 2.24) is 19.9 Å². The lowest BCUT2D eigenvalue weighted by Gasteiger charge is -2.13. The Morgan fingerprint density at radius 3 is 1.48 bits per heavy atom. The van der Waals surface area contributed by atoms with E-state index in [0.717, 1.165) is 95.1 Å². The van der Waals surface area contributed by atoms with Crippen molar-refractivity contribution in [2.75, 3.05) is 0 Å². The third-order valence-electron chi connectivity index (χ3n) is 10.6. The standard InChI is InChI=1S/C56H41N5/c1-2-3-28-57-30-27-40-23-25-53(59-37-40)47-19-8-15-43(32-47)42-14-7-18-46(31-42)52-35-55(41-12-5-4-6-13-41)61-56(36-52)49-21-10-17-45(34-49)44-16-9-20-48(33-44)54-26-24-51(39-60-54)50-22-11-29-58-38-50/h2-26,28-39H,1,27H2/b28-3-,57-30?. The van der Waals surface area contributed by atoms with Crippen molar-refractivity contribution < 1.29 is 0 Å². The van der Waals surface area contributed by atoms with Gasteiger partial charge in [-0.2, -0.15) is 0 Å². The molecule has 0 aliphatic heterocycles. The van der Waals surface area contributed by atoms with E-state index in [1.807, 2.05) is 49.1 Å². The quantitative estimate of drug-likeness (QED) is 0.0914. The zero-order chi connectivity index (χ0) is 41.2. The minimum atomic E-state index is 0.714. The molecule has 4 aromatic heterocycles. The molecule has 61 heavy (non-hydrogen) atoms. The summed E-state index contributed by atoms with van der Waals surface area (Å²) < 4.78 is 0.